The van der Waals surface area contributed by atoms with E-state index >= 15 is 0 Å². The molecule has 7 heteroatoms. The summed E-state index contributed by atoms with van der Waals surface area (Å²) in [6, 6.07) is 4.36. The molecule has 100 valence electrons. The predicted molar refractivity (Wildman–Crippen MR) is 63.7 cm³/mol. The minimum atomic E-state index is -1.18. The summed E-state index contributed by atoms with van der Waals surface area (Å²) in [5.41, 5.74) is 1.10. The van der Waals surface area contributed by atoms with Gasteiger partial charge in [-0.15, -0.1) is 5.10 Å². The Morgan fingerprint density at radius 2 is 2.26 bits per heavy atom. The topological polar surface area (TPSA) is 77.2 Å². The van der Waals surface area contributed by atoms with Gasteiger partial charge in [0.25, 0.3) is 0 Å². The number of aromatic carboxylic acids is 1. The number of carboxylic acid groups (broad SMARTS) is 1. The summed E-state index contributed by atoms with van der Waals surface area (Å²) < 4.78 is 19.5. The zero-order chi connectivity index (χ0) is 14.0. The SMILES string of the molecule is COCc1c(C(=O)O)nnn1-c1ccc(F)c(C)c1. The van der Waals surface area contributed by atoms with Crippen LogP contribution in [0.25, 0.3) is 5.69 Å². The van der Waals surface area contributed by atoms with Gasteiger partial charge in [0.2, 0.25) is 0 Å². The van der Waals surface area contributed by atoms with Crippen LogP contribution in [0.15, 0.2) is 18.2 Å². The van der Waals surface area contributed by atoms with Crippen molar-refractivity contribution in [3.05, 3.63) is 41.0 Å². The average Bonchev–Trinajstić information content (AvgIpc) is 2.77. The van der Waals surface area contributed by atoms with E-state index in [0.29, 0.717) is 16.9 Å². The molecule has 6 nitrogen and oxygen atoms in total. The van der Waals surface area contributed by atoms with Crippen molar-refractivity contribution in [2.24, 2.45) is 0 Å². The van der Waals surface area contributed by atoms with Crippen LogP contribution in [-0.4, -0.2) is 33.2 Å². The average molecular weight is 265 g/mol. The fourth-order valence-electron chi connectivity index (χ4n) is 1.70. The quantitative estimate of drug-likeness (QED) is 0.907. The largest absolute Gasteiger partial charge is 0.476 e. The number of halogens is 1. The number of aromatic nitrogens is 3. The third-order valence-corrected chi connectivity index (χ3v) is 2.63. The molecular formula is C12H12FN3O3. The third-order valence-electron chi connectivity index (χ3n) is 2.63. The van der Waals surface area contributed by atoms with Crippen LogP contribution in [0.4, 0.5) is 4.39 Å². The van der Waals surface area contributed by atoms with E-state index in [-0.39, 0.29) is 18.1 Å². The second kappa shape index (κ2) is 5.15. The smallest absolute Gasteiger partial charge is 0.358 e. The molecule has 0 radical (unpaired) electrons. The highest BCUT2D eigenvalue weighted by atomic mass is 19.1. The van der Waals surface area contributed by atoms with Gasteiger partial charge in [-0.2, -0.15) is 0 Å². The van der Waals surface area contributed by atoms with Crippen molar-refractivity contribution >= 4 is 5.97 Å². The number of rotatable bonds is 4. The van der Waals surface area contributed by atoms with Gasteiger partial charge < -0.3 is 9.84 Å². The molecule has 0 saturated carbocycles. The fourth-order valence-corrected chi connectivity index (χ4v) is 1.70. The molecule has 0 amide bonds. The second-order valence-electron chi connectivity index (χ2n) is 3.97. The van der Waals surface area contributed by atoms with Gasteiger partial charge in [0.15, 0.2) is 5.69 Å². The Morgan fingerprint density at radius 3 is 2.84 bits per heavy atom. The fraction of sp³-hybridized carbons (Fsp3) is 0.250. The number of benzene rings is 1. The van der Waals surface area contributed by atoms with Crippen molar-refractivity contribution in [1.82, 2.24) is 15.0 Å². The number of hydrogen-bond acceptors (Lipinski definition) is 4. The van der Waals surface area contributed by atoms with Gasteiger partial charge in [-0.1, -0.05) is 5.21 Å². The Hall–Kier alpha value is -2.28. The Bertz CT molecular complexity index is 625. The lowest BCUT2D eigenvalue weighted by atomic mass is 10.2. The van der Waals surface area contributed by atoms with E-state index in [0.717, 1.165) is 0 Å². The molecule has 1 heterocycles. The van der Waals surface area contributed by atoms with Gasteiger partial charge in [0.05, 0.1) is 12.3 Å². The maximum absolute atomic E-state index is 13.2. The number of aryl methyl sites for hydroxylation is 1. The van der Waals surface area contributed by atoms with E-state index < -0.39 is 5.97 Å². The molecule has 1 aromatic heterocycles. The van der Waals surface area contributed by atoms with Crippen molar-refractivity contribution in [1.29, 1.82) is 0 Å². The zero-order valence-electron chi connectivity index (χ0n) is 10.4. The van der Waals surface area contributed by atoms with Crippen LogP contribution in [0, 0.1) is 12.7 Å². The van der Waals surface area contributed by atoms with Gasteiger partial charge in [0.1, 0.15) is 11.5 Å². The predicted octanol–water partition coefficient (Wildman–Crippen LogP) is 1.56. The van der Waals surface area contributed by atoms with Crippen molar-refractivity contribution in [2.75, 3.05) is 7.11 Å². The Morgan fingerprint density at radius 1 is 1.53 bits per heavy atom. The lowest BCUT2D eigenvalue weighted by Gasteiger charge is -2.07. The highest BCUT2D eigenvalue weighted by Gasteiger charge is 2.19. The lowest BCUT2D eigenvalue weighted by Crippen LogP contribution is -2.08. The first-order chi connectivity index (χ1) is 9.04. The van der Waals surface area contributed by atoms with E-state index in [1.54, 1.807) is 13.0 Å². The number of carboxylic acids is 1. The molecule has 19 heavy (non-hydrogen) atoms. The monoisotopic (exact) mass is 265 g/mol. The molecule has 0 aliphatic rings. The number of carbonyl (C=O) groups is 1. The molecule has 0 unspecified atom stereocenters. The summed E-state index contributed by atoms with van der Waals surface area (Å²) >= 11 is 0. The zero-order valence-corrected chi connectivity index (χ0v) is 10.4. The minimum absolute atomic E-state index is 0.0467. The summed E-state index contributed by atoms with van der Waals surface area (Å²) in [5.74, 6) is -1.52. The van der Waals surface area contributed by atoms with Gasteiger partial charge in [-0.3, -0.25) is 0 Å². The molecule has 0 bridgehead atoms. The summed E-state index contributed by atoms with van der Waals surface area (Å²) in [7, 11) is 1.44. The second-order valence-corrected chi connectivity index (χ2v) is 3.97. The van der Waals surface area contributed by atoms with Crippen molar-refractivity contribution in [3.63, 3.8) is 0 Å². The van der Waals surface area contributed by atoms with Crippen LogP contribution in [0.3, 0.4) is 0 Å². The van der Waals surface area contributed by atoms with Crippen LogP contribution in [-0.2, 0) is 11.3 Å². The van der Waals surface area contributed by atoms with E-state index in [1.807, 2.05) is 0 Å². The Kier molecular flexibility index (Phi) is 3.57. The molecule has 0 saturated heterocycles. The van der Waals surface area contributed by atoms with E-state index in [1.165, 1.54) is 23.9 Å². The molecular weight excluding hydrogens is 253 g/mol. The molecule has 0 fully saturated rings. The first-order valence-corrected chi connectivity index (χ1v) is 5.48. The number of ether oxygens (including phenoxy) is 1. The number of hydrogen-bond donors (Lipinski definition) is 1. The molecule has 2 rings (SSSR count). The number of nitrogens with zero attached hydrogens (tertiary/aromatic N) is 3. The third kappa shape index (κ3) is 2.45. The van der Waals surface area contributed by atoms with Crippen molar-refractivity contribution in [2.45, 2.75) is 13.5 Å². The molecule has 2 aromatic rings. The van der Waals surface area contributed by atoms with Crippen LogP contribution in [0.5, 0.6) is 0 Å². The first kappa shape index (κ1) is 13.2. The lowest BCUT2D eigenvalue weighted by molar-refractivity contribution is 0.0685. The van der Waals surface area contributed by atoms with Crippen LogP contribution in [0.2, 0.25) is 0 Å². The minimum Gasteiger partial charge on any atom is -0.476 e. The van der Waals surface area contributed by atoms with Gasteiger partial charge in [0, 0.05) is 7.11 Å². The molecule has 0 atom stereocenters. The maximum Gasteiger partial charge on any atom is 0.358 e. The molecule has 0 aliphatic carbocycles. The Balaban J connectivity index is 2.55. The first-order valence-electron chi connectivity index (χ1n) is 5.48. The standard InChI is InChI=1S/C12H12FN3O3/c1-7-5-8(3-4-9(7)13)16-10(6-19-2)11(12(17)18)14-15-16/h3-5H,6H2,1-2H3,(H,17,18). The Labute approximate surface area is 108 Å². The van der Waals surface area contributed by atoms with Gasteiger partial charge >= 0.3 is 5.97 Å². The molecule has 0 spiro atoms. The summed E-state index contributed by atoms with van der Waals surface area (Å²) in [6.45, 7) is 1.66. The van der Waals surface area contributed by atoms with Gasteiger partial charge in [-0.25, -0.2) is 13.9 Å². The highest BCUT2D eigenvalue weighted by Crippen LogP contribution is 2.17. The normalized spacial score (nSPS) is 10.7. The molecule has 0 aliphatic heterocycles. The van der Waals surface area contributed by atoms with Crippen molar-refractivity contribution in [3.8, 4) is 5.69 Å². The number of methoxy groups -OCH3 is 1. The van der Waals surface area contributed by atoms with E-state index in [4.69, 9.17) is 9.84 Å². The van der Waals surface area contributed by atoms with E-state index in [2.05, 4.69) is 10.3 Å². The van der Waals surface area contributed by atoms with Crippen LogP contribution < -0.4 is 0 Å². The molecule has 1 aromatic carbocycles. The van der Waals surface area contributed by atoms with Crippen LogP contribution >= 0.6 is 0 Å². The highest BCUT2D eigenvalue weighted by molar-refractivity contribution is 5.86. The van der Waals surface area contributed by atoms with Gasteiger partial charge in [-0.05, 0) is 30.7 Å². The summed E-state index contributed by atoms with van der Waals surface area (Å²) in [5, 5.41) is 16.4. The van der Waals surface area contributed by atoms with Crippen LogP contribution in [0.1, 0.15) is 21.7 Å². The maximum atomic E-state index is 13.2. The summed E-state index contributed by atoms with van der Waals surface area (Å²) in [4.78, 5) is 11.0. The molecule has 1 N–H and O–H groups in total. The van der Waals surface area contributed by atoms with E-state index in [9.17, 15) is 9.18 Å². The van der Waals surface area contributed by atoms with Crippen molar-refractivity contribution < 1.29 is 19.0 Å². The summed E-state index contributed by atoms with van der Waals surface area (Å²) in [6.07, 6.45) is 0.